The maximum absolute atomic E-state index is 11.2. The SMILES string of the molecule is CCCCC(C)NC(=O)C(=O)NCC#N. The lowest BCUT2D eigenvalue weighted by atomic mass is 10.1. The van der Waals surface area contributed by atoms with Crippen molar-refractivity contribution in [1.29, 1.82) is 5.26 Å². The van der Waals surface area contributed by atoms with Crippen LogP contribution in [0.1, 0.15) is 33.1 Å². The highest BCUT2D eigenvalue weighted by Gasteiger charge is 2.14. The summed E-state index contributed by atoms with van der Waals surface area (Å²) in [5, 5.41) is 12.9. The molecule has 84 valence electrons. The Morgan fingerprint density at radius 1 is 1.40 bits per heavy atom. The third kappa shape index (κ3) is 6.49. The molecule has 5 heteroatoms. The molecule has 0 aliphatic carbocycles. The second kappa shape index (κ2) is 7.80. The molecule has 0 bridgehead atoms. The molecular weight excluding hydrogens is 194 g/mol. The highest BCUT2D eigenvalue weighted by atomic mass is 16.2. The Hall–Kier alpha value is -1.57. The maximum Gasteiger partial charge on any atom is 0.310 e. The predicted molar refractivity (Wildman–Crippen MR) is 55.8 cm³/mol. The Balaban J connectivity index is 3.81. The molecule has 15 heavy (non-hydrogen) atoms. The number of amides is 2. The average Bonchev–Trinajstić information content (AvgIpc) is 2.22. The van der Waals surface area contributed by atoms with Crippen molar-refractivity contribution in [2.75, 3.05) is 6.54 Å². The highest BCUT2D eigenvalue weighted by molar-refractivity contribution is 6.35. The van der Waals surface area contributed by atoms with Crippen LogP contribution < -0.4 is 10.6 Å². The van der Waals surface area contributed by atoms with Gasteiger partial charge in [0.05, 0.1) is 6.07 Å². The molecule has 0 aliphatic rings. The van der Waals surface area contributed by atoms with Crippen LogP contribution in [0.5, 0.6) is 0 Å². The molecular formula is C10H17N3O2. The number of unbranched alkanes of at least 4 members (excludes halogenated alkanes) is 1. The molecule has 2 amide bonds. The van der Waals surface area contributed by atoms with E-state index >= 15 is 0 Å². The quantitative estimate of drug-likeness (QED) is 0.507. The Morgan fingerprint density at radius 2 is 2.07 bits per heavy atom. The van der Waals surface area contributed by atoms with Crippen LogP contribution in [0.4, 0.5) is 0 Å². The molecule has 0 saturated carbocycles. The zero-order valence-electron chi connectivity index (χ0n) is 9.17. The first-order valence-corrected chi connectivity index (χ1v) is 5.07. The summed E-state index contributed by atoms with van der Waals surface area (Å²) in [5.41, 5.74) is 0. The van der Waals surface area contributed by atoms with Crippen LogP contribution >= 0.6 is 0 Å². The number of rotatable bonds is 5. The zero-order valence-corrected chi connectivity index (χ0v) is 9.17. The van der Waals surface area contributed by atoms with Crippen molar-refractivity contribution >= 4 is 11.8 Å². The van der Waals surface area contributed by atoms with Crippen LogP contribution in [0.25, 0.3) is 0 Å². The van der Waals surface area contributed by atoms with Crippen LogP contribution in [0.15, 0.2) is 0 Å². The van der Waals surface area contributed by atoms with E-state index in [1.54, 1.807) is 6.07 Å². The topological polar surface area (TPSA) is 82.0 Å². The third-order valence-corrected chi connectivity index (χ3v) is 1.90. The minimum absolute atomic E-state index is 0.00899. The highest BCUT2D eigenvalue weighted by Crippen LogP contribution is 1.98. The van der Waals surface area contributed by atoms with E-state index in [1.807, 2.05) is 6.92 Å². The van der Waals surface area contributed by atoms with Crippen molar-refractivity contribution < 1.29 is 9.59 Å². The van der Waals surface area contributed by atoms with E-state index in [0.717, 1.165) is 19.3 Å². The fraction of sp³-hybridized carbons (Fsp3) is 0.700. The second-order valence-electron chi connectivity index (χ2n) is 3.36. The van der Waals surface area contributed by atoms with Crippen molar-refractivity contribution in [2.45, 2.75) is 39.2 Å². The second-order valence-corrected chi connectivity index (χ2v) is 3.36. The summed E-state index contributed by atoms with van der Waals surface area (Å²) in [4.78, 5) is 22.2. The van der Waals surface area contributed by atoms with Gasteiger partial charge in [-0.15, -0.1) is 0 Å². The van der Waals surface area contributed by atoms with Crippen LogP contribution in [0.2, 0.25) is 0 Å². The van der Waals surface area contributed by atoms with Crippen LogP contribution in [-0.4, -0.2) is 24.4 Å². The van der Waals surface area contributed by atoms with E-state index < -0.39 is 11.8 Å². The summed E-state index contributed by atoms with van der Waals surface area (Å²) in [6.45, 7) is 3.77. The van der Waals surface area contributed by atoms with Gasteiger partial charge in [-0.25, -0.2) is 0 Å². The molecule has 0 aromatic heterocycles. The smallest absolute Gasteiger partial charge is 0.310 e. The molecule has 0 aromatic carbocycles. The minimum Gasteiger partial charge on any atom is -0.345 e. The van der Waals surface area contributed by atoms with E-state index in [0.29, 0.717) is 0 Å². The number of nitriles is 1. The molecule has 5 nitrogen and oxygen atoms in total. The van der Waals surface area contributed by atoms with Gasteiger partial charge in [0.1, 0.15) is 6.54 Å². The average molecular weight is 211 g/mol. The van der Waals surface area contributed by atoms with E-state index in [-0.39, 0.29) is 12.6 Å². The van der Waals surface area contributed by atoms with Gasteiger partial charge in [-0.2, -0.15) is 5.26 Å². The number of nitrogens with zero attached hydrogens (tertiary/aromatic N) is 1. The number of carbonyl (C=O) groups excluding carboxylic acids is 2. The van der Waals surface area contributed by atoms with E-state index in [1.165, 1.54) is 0 Å². The third-order valence-electron chi connectivity index (χ3n) is 1.90. The number of hydrogen-bond acceptors (Lipinski definition) is 3. The van der Waals surface area contributed by atoms with Gasteiger partial charge in [0, 0.05) is 6.04 Å². The van der Waals surface area contributed by atoms with E-state index in [2.05, 4.69) is 17.6 Å². The maximum atomic E-state index is 11.2. The van der Waals surface area contributed by atoms with Crippen molar-refractivity contribution in [3.05, 3.63) is 0 Å². The van der Waals surface area contributed by atoms with Gasteiger partial charge in [-0.05, 0) is 13.3 Å². The van der Waals surface area contributed by atoms with Crippen molar-refractivity contribution in [1.82, 2.24) is 10.6 Å². The monoisotopic (exact) mass is 211 g/mol. The summed E-state index contributed by atoms with van der Waals surface area (Å²) in [6, 6.07) is 1.72. The number of nitrogens with one attached hydrogen (secondary N) is 2. The van der Waals surface area contributed by atoms with Crippen molar-refractivity contribution in [3.8, 4) is 6.07 Å². The predicted octanol–water partition coefficient (Wildman–Crippen LogP) is 0.321. The first-order valence-electron chi connectivity index (χ1n) is 5.07. The van der Waals surface area contributed by atoms with E-state index in [4.69, 9.17) is 5.26 Å². The molecule has 2 N–H and O–H groups in total. The molecule has 1 unspecified atom stereocenters. The lowest BCUT2D eigenvalue weighted by Crippen LogP contribution is -2.43. The Labute approximate surface area is 89.8 Å². The first-order chi connectivity index (χ1) is 7.11. The lowest BCUT2D eigenvalue weighted by Gasteiger charge is -2.12. The minimum atomic E-state index is -0.750. The largest absolute Gasteiger partial charge is 0.345 e. The van der Waals surface area contributed by atoms with Gasteiger partial charge in [0.25, 0.3) is 0 Å². The molecule has 0 aromatic rings. The van der Waals surface area contributed by atoms with Crippen LogP contribution in [0, 0.1) is 11.3 Å². The molecule has 0 heterocycles. The Kier molecular flexibility index (Phi) is 6.98. The van der Waals surface area contributed by atoms with Gasteiger partial charge >= 0.3 is 11.8 Å². The molecule has 0 spiro atoms. The molecule has 1 atom stereocenters. The van der Waals surface area contributed by atoms with Gasteiger partial charge in [-0.3, -0.25) is 9.59 Å². The summed E-state index contributed by atoms with van der Waals surface area (Å²) in [6.07, 6.45) is 2.93. The molecule has 0 fully saturated rings. The van der Waals surface area contributed by atoms with Crippen molar-refractivity contribution in [3.63, 3.8) is 0 Å². The molecule has 0 saturated heterocycles. The number of hydrogen-bond donors (Lipinski definition) is 2. The molecule has 0 rings (SSSR count). The number of carbonyl (C=O) groups is 2. The normalized spacial score (nSPS) is 11.3. The van der Waals surface area contributed by atoms with Gasteiger partial charge in [0.15, 0.2) is 0 Å². The standard InChI is InChI=1S/C10H17N3O2/c1-3-4-5-8(2)13-10(15)9(14)12-7-6-11/h8H,3-5,7H2,1-2H3,(H,12,14)(H,13,15). The van der Waals surface area contributed by atoms with E-state index in [9.17, 15) is 9.59 Å². The fourth-order valence-electron chi connectivity index (χ4n) is 1.07. The fourth-order valence-corrected chi connectivity index (χ4v) is 1.07. The summed E-state index contributed by atoms with van der Waals surface area (Å²) < 4.78 is 0. The van der Waals surface area contributed by atoms with Gasteiger partial charge in [0.2, 0.25) is 0 Å². The summed E-state index contributed by atoms with van der Waals surface area (Å²) >= 11 is 0. The molecule has 0 aliphatic heterocycles. The first kappa shape index (κ1) is 13.4. The zero-order chi connectivity index (χ0) is 11.7. The van der Waals surface area contributed by atoms with Crippen molar-refractivity contribution in [2.24, 2.45) is 0 Å². The molecule has 0 radical (unpaired) electrons. The summed E-state index contributed by atoms with van der Waals surface area (Å²) in [5.74, 6) is -1.42. The Bertz CT molecular complexity index is 258. The Morgan fingerprint density at radius 3 is 2.60 bits per heavy atom. The van der Waals surface area contributed by atoms with Crippen LogP contribution in [0.3, 0.4) is 0 Å². The lowest BCUT2D eigenvalue weighted by molar-refractivity contribution is -0.139. The summed E-state index contributed by atoms with van der Waals surface area (Å²) in [7, 11) is 0. The van der Waals surface area contributed by atoms with Crippen LogP contribution in [-0.2, 0) is 9.59 Å². The van der Waals surface area contributed by atoms with Gasteiger partial charge < -0.3 is 10.6 Å². The van der Waals surface area contributed by atoms with Gasteiger partial charge in [-0.1, -0.05) is 19.8 Å².